The number of hydrogen-bond acceptors (Lipinski definition) is 17. The molecule has 2 aliphatic heterocycles. The molecule has 10 amide bonds. The summed E-state index contributed by atoms with van der Waals surface area (Å²) in [5.41, 5.74) is 6.39. The molecule has 2 saturated heterocycles. The van der Waals surface area contributed by atoms with Crippen molar-refractivity contribution in [3.63, 3.8) is 0 Å². The third-order valence-corrected chi connectivity index (χ3v) is 20.6. The summed E-state index contributed by atoms with van der Waals surface area (Å²) in [5.74, 6) is -13.1. The Morgan fingerprint density at radius 3 is 1.89 bits per heavy atom. The summed E-state index contributed by atoms with van der Waals surface area (Å²) in [7, 11) is 0.120. The molecule has 2 aliphatic rings. The summed E-state index contributed by atoms with van der Waals surface area (Å²) in [6.07, 6.45) is -1.37. The van der Waals surface area contributed by atoms with Gasteiger partial charge in [0.05, 0.1) is 49.1 Å². The number of aliphatic hydroxyl groups is 1. The van der Waals surface area contributed by atoms with Crippen molar-refractivity contribution in [1.82, 2.24) is 50.3 Å². The molecule has 4 rings (SSSR count). The van der Waals surface area contributed by atoms with E-state index in [0.29, 0.717) is 36.9 Å². The third kappa shape index (κ3) is 24.8. The first kappa shape index (κ1) is 85.2. The van der Waals surface area contributed by atoms with Crippen LogP contribution in [0, 0.1) is 41.4 Å². The number of aliphatic carboxylic acids is 1. The van der Waals surface area contributed by atoms with Gasteiger partial charge in [0.25, 0.3) is 16.1 Å². The van der Waals surface area contributed by atoms with Crippen LogP contribution < -0.4 is 42.4 Å². The maximum atomic E-state index is 14.9. The number of ketones is 3. The molecule has 0 bridgehead atoms. The number of rotatable bonds is 40. The first-order valence-corrected chi connectivity index (χ1v) is 36.1. The Morgan fingerprint density at radius 1 is 0.733 bits per heavy atom. The molecule has 0 radical (unpaired) electrons. The van der Waals surface area contributed by atoms with Gasteiger partial charge in [0.2, 0.25) is 47.1 Å². The molecule has 30 nitrogen and oxygen atoms in total. The van der Waals surface area contributed by atoms with E-state index in [0.717, 1.165) is 9.21 Å². The summed E-state index contributed by atoms with van der Waals surface area (Å²) in [6.45, 7) is 18.0. The first-order valence-electron chi connectivity index (χ1n) is 34.6. The smallest absolute Gasteiger partial charge is 0.312 e. The Morgan fingerprint density at radius 2 is 1.35 bits per heavy atom. The fourth-order valence-corrected chi connectivity index (χ4v) is 14.2. The number of nitrogens with two attached hydrogens (primary N) is 1. The molecule has 0 saturated carbocycles. The number of likely N-dealkylation sites (tertiary alicyclic amines) is 1. The fraction of sp³-hybridized carbons (Fsp3) is 0.643. The Balaban J connectivity index is 1.42. The van der Waals surface area contributed by atoms with Crippen molar-refractivity contribution in [2.24, 2.45) is 47.2 Å². The Labute approximate surface area is 593 Å². The molecule has 31 heteroatoms. The highest BCUT2D eigenvalue weighted by atomic mass is 32.2. The van der Waals surface area contributed by atoms with E-state index in [-0.39, 0.29) is 80.9 Å². The van der Waals surface area contributed by atoms with Gasteiger partial charge in [0.1, 0.15) is 30.0 Å². The SMILES string of the molecule is CC[C@H](C)[C@@H]([C@@H](CC(=O)N1CCC[C@H]1[C@H](OC)[C@@H](C)C(=O)N[C@H](C)[C@@H](O)c1ccccc1)C(C)=O)N(C)C(=O)[C@@H](NC(=O)[C@H](C(C)C)N(C)C(=O)C(=O)Cc1ccc(NC(=O)[C@H](CCCNC(N)=O)NC(=O)[C@@H](NC(=O)CC(=O)CNS(=O)(=O)N2CCC(C(=O)O)CC2)C(C)C)cc1)C(C)C. The van der Waals surface area contributed by atoms with Crippen molar-refractivity contribution in [3.8, 4) is 0 Å². The van der Waals surface area contributed by atoms with Crippen molar-refractivity contribution in [2.45, 2.75) is 195 Å². The molecule has 0 spiro atoms. The van der Waals surface area contributed by atoms with E-state index in [2.05, 4.69) is 36.6 Å². The van der Waals surface area contributed by atoms with E-state index in [4.69, 9.17) is 10.5 Å². The van der Waals surface area contributed by atoms with Gasteiger partial charge in [0, 0.05) is 77.9 Å². The largest absolute Gasteiger partial charge is 0.481 e. The van der Waals surface area contributed by atoms with Gasteiger partial charge in [-0.05, 0) is 99.3 Å². The molecule has 0 aromatic heterocycles. The predicted molar refractivity (Wildman–Crippen MR) is 374 cm³/mol. The second-order valence-electron chi connectivity index (χ2n) is 27.6. The average Bonchev–Trinajstić information content (AvgIpc) is 1.78. The number of carboxylic acid groups (broad SMARTS) is 1. The monoisotopic (exact) mass is 1440 g/mol. The number of likely N-dealkylation sites (N-methyl/N-ethyl adjacent to an activating group) is 2. The van der Waals surface area contributed by atoms with E-state index >= 15 is 0 Å². The molecule has 101 heavy (non-hydrogen) atoms. The molecule has 2 aromatic rings. The molecule has 562 valence electrons. The van der Waals surface area contributed by atoms with Crippen LogP contribution in [0.15, 0.2) is 54.6 Å². The van der Waals surface area contributed by atoms with Gasteiger partial charge < -0.3 is 67.3 Å². The number of Topliss-reactive ketones (excluding diaryl/α,β-unsaturated/α-hetero) is 3. The van der Waals surface area contributed by atoms with Crippen molar-refractivity contribution < 1.29 is 85.7 Å². The first-order chi connectivity index (χ1) is 47.4. The predicted octanol–water partition coefficient (Wildman–Crippen LogP) is 2.37. The van der Waals surface area contributed by atoms with Gasteiger partial charge in [-0.2, -0.15) is 17.4 Å². The number of benzene rings is 2. The standard InChI is InChI=1S/C70H108N12O18S/c1-15-42(8)60(51(45(11)83)37-56(87)82-32-20-24-53(82)62(100-14)43(9)63(89)74-44(10)61(88)47-21-17-16-18-22-47)80(13)68(94)58(40(4)5)78-66(92)59(41(6)7)79(12)67(93)54(85)35-46-25-27-49(28-26-46)75-64(90)52(23-19-31-72-70(71)97)76-65(91)57(39(2)3)77-55(86)36-50(84)38-73-101(98,99)81-33-29-48(30-34-81)69(95)96/h16-18,21-22,25-28,39-44,48,51-53,57-62,73,88H,15,19-20,23-24,29-38H2,1-14H3,(H,74,89)(H,75,90)(H,76,91)(H,77,86)(H,78,92)(H,95,96)(H3,71,72,97)/t42-,43+,44+,51-,52-,53-,57-,58-,59-,60-,61+,62+/m0/s1. The molecular weight excluding hydrogens is 1330 g/mol. The number of urea groups is 1. The Hall–Kier alpha value is -8.26. The van der Waals surface area contributed by atoms with Crippen molar-refractivity contribution in [1.29, 1.82) is 0 Å². The number of piperidine rings is 1. The molecule has 2 heterocycles. The van der Waals surface area contributed by atoms with E-state index in [1.54, 1.807) is 84.6 Å². The number of methoxy groups -OCH3 is 1. The minimum Gasteiger partial charge on any atom is -0.481 e. The van der Waals surface area contributed by atoms with Crippen LogP contribution in [0.4, 0.5) is 10.5 Å². The summed E-state index contributed by atoms with van der Waals surface area (Å²) in [5, 5.41) is 36.1. The van der Waals surface area contributed by atoms with Crippen molar-refractivity contribution in [3.05, 3.63) is 65.7 Å². The minimum absolute atomic E-state index is 0.0180. The van der Waals surface area contributed by atoms with Crippen LogP contribution in [-0.4, -0.2) is 217 Å². The normalized spacial score (nSPS) is 17.7. The molecule has 0 aliphatic carbocycles. The number of anilines is 1. The highest BCUT2D eigenvalue weighted by Crippen LogP contribution is 2.32. The van der Waals surface area contributed by atoms with Crippen LogP contribution in [0.1, 0.15) is 151 Å². The number of amides is 10. The molecule has 2 fully saturated rings. The molecule has 0 unspecified atom stereocenters. The summed E-state index contributed by atoms with van der Waals surface area (Å²) in [6, 6.07) is 6.89. The lowest BCUT2D eigenvalue weighted by atomic mass is 9.81. The van der Waals surface area contributed by atoms with Crippen LogP contribution in [0.2, 0.25) is 0 Å². The maximum absolute atomic E-state index is 14.9. The number of carbonyl (C=O) groups is 13. The number of nitrogens with zero attached hydrogens (tertiary/aromatic N) is 4. The zero-order chi connectivity index (χ0) is 75.9. The van der Waals surface area contributed by atoms with Crippen LogP contribution in [0.5, 0.6) is 0 Å². The van der Waals surface area contributed by atoms with Gasteiger partial charge in [0.15, 0.2) is 5.78 Å². The minimum atomic E-state index is -4.18. The van der Waals surface area contributed by atoms with Gasteiger partial charge in [-0.1, -0.05) is 111 Å². The lowest BCUT2D eigenvalue weighted by Crippen LogP contribution is -2.60. The zero-order valence-corrected chi connectivity index (χ0v) is 61.6. The van der Waals surface area contributed by atoms with Gasteiger partial charge >= 0.3 is 12.0 Å². The Kier molecular flexibility index (Phi) is 33.6. The summed E-state index contributed by atoms with van der Waals surface area (Å²) in [4.78, 5) is 180. The van der Waals surface area contributed by atoms with Gasteiger partial charge in [-0.25, -0.2) is 4.79 Å². The van der Waals surface area contributed by atoms with Crippen molar-refractivity contribution in [2.75, 3.05) is 59.2 Å². The average molecular weight is 1440 g/mol. The highest BCUT2D eigenvalue weighted by molar-refractivity contribution is 7.87. The highest BCUT2D eigenvalue weighted by Gasteiger charge is 2.45. The summed E-state index contributed by atoms with van der Waals surface area (Å²) < 4.78 is 34.7. The molecule has 12 atom stereocenters. The second-order valence-corrected chi connectivity index (χ2v) is 29.4. The van der Waals surface area contributed by atoms with Gasteiger partial charge in [-0.15, -0.1) is 0 Å². The Bertz CT molecular complexity index is 3330. The van der Waals surface area contributed by atoms with Crippen LogP contribution in [0.25, 0.3) is 0 Å². The zero-order valence-electron chi connectivity index (χ0n) is 60.7. The number of nitrogens with one attached hydrogen (secondary N) is 7. The third-order valence-electron chi connectivity index (χ3n) is 19.0. The molecular formula is C70H108N12O18S. The van der Waals surface area contributed by atoms with Crippen molar-refractivity contribution >= 4 is 92.5 Å². The topological polar surface area (TPSA) is 429 Å². The number of primary amides is 1. The number of hydrogen-bond donors (Lipinski definition) is 10. The number of ether oxygens (including phenoxy) is 1. The van der Waals surface area contributed by atoms with Gasteiger partial charge in [-0.3, -0.25) is 57.5 Å². The van der Waals surface area contributed by atoms with E-state index < -0.39 is 179 Å². The van der Waals surface area contributed by atoms with E-state index in [9.17, 15) is 81.0 Å². The summed E-state index contributed by atoms with van der Waals surface area (Å²) >= 11 is 0. The lowest BCUT2D eigenvalue weighted by Gasteiger charge is -2.41. The van der Waals surface area contributed by atoms with Crippen LogP contribution in [-0.2, 0) is 78.9 Å². The fourth-order valence-electron chi connectivity index (χ4n) is 13.0. The second kappa shape index (κ2) is 39.8. The van der Waals surface area contributed by atoms with Crippen LogP contribution >= 0.6 is 0 Å². The van der Waals surface area contributed by atoms with E-state index in [1.165, 1.54) is 57.3 Å². The number of aliphatic hydroxyl groups excluding tert-OH is 1. The quantitative estimate of drug-likeness (QED) is 0.0260. The molecule has 11 N–H and O–H groups in total. The van der Waals surface area contributed by atoms with Crippen LogP contribution in [0.3, 0.4) is 0 Å². The molecule has 2 aromatic carbocycles. The maximum Gasteiger partial charge on any atom is 0.312 e. The number of carboxylic acids is 1. The number of carbonyl (C=O) groups excluding carboxylic acids is 12. The van der Waals surface area contributed by atoms with E-state index in [1.807, 2.05) is 19.9 Å². The lowest BCUT2D eigenvalue weighted by molar-refractivity contribution is -0.150.